The number of likely N-dealkylation sites (tertiary alicyclic amines) is 1. The van der Waals surface area contributed by atoms with Crippen molar-refractivity contribution in [3.63, 3.8) is 0 Å². The first-order chi connectivity index (χ1) is 9.63. The van der Waals surface area contributed by atoms with Gasteiger partial charge >= 0.3 is 0 Å². The maximum absolute atomic E-state index is 12.2. The van der Waals surface area contributed by atoms with Crippen LogP contribution in [0.3, 0.4) is 0 Å². The van der Waals surface area contributed by atoms with E-state index < -0.39 is 0 Å². The van der Waals surface area contributed by atoms with Gasteiger partial charge in [0.25, 0.3) is 0 Å². The molecule has 0 spiro atoms. The Morgan fingerprint density at radius 1 is 1.35 bits per heavy atom. The van der Waals surface area contributed by atoms with E-state index in [2.05, 4.69) is 6.92 Å². The van der Waals surface area contributed by atoms with Crippen LogP contribution >= 0.6 is 0 Å². The van der Waals surface area contributed by atoms with E-state index >= 15 is 0 Å². The summed E-state index contributed by atoms with van der Waals surface area (Å²) in [5, 5.41) is 9.98. The molecule has 4 nitrogen and oxygen atoms in total. The topological polar surface area (TPSA) is 43.8 Å². The van der Waals surface area contributed by atoms with Crippen LogP contribution in [0.1, 0.15) is 37.8 Å². The summed E-state index contributed by atoms with van der Waals surface area (Å²) in [6.45, 7) is 4.26. The van der Waals surface area contributed by atoms with E-state index in [-0.39, 0.29) is 11.9 Å². The molecule has 110 valence electrons. The smallest absolute Gasteiger partial charge is 0.236 e. The maximum atomic E-state index is 12.2. The highest BCUT2D eigenvalue weighted by atomic mass is 16.3. The van der Waals surface area contributed by atoms with E-state index in [0.717, 1.165) is 37.9 Å². The van der Waals surface area contributed by atoms with Crippen molar-refractivity contribution < 1.29 is 9.90 Å². The van der Waals surface area contributed by atoms with Crippen molar-refractivity contribution in [2.75, 3.05) is 26.7 Å². The molecule has 20 heavy (non-hydrogen) atoms. The van der Waals surface area contributed by atoms with Crippen molar-refractivity contribution in [1.29, 1.82) is 0 Å². The normalized spacial score (nSPS) is 16.6. The van der Waals surface area contributed by atoms with Gasteiger partial charge in [-0.25, -0.2) is 0 Å². The molecule has 0 bridgehead atoms. The maximum Gasteiger partial charge on any atom is 0.236 e. The van der Waals surface area contributed by atoms with Gasteiger partial charge in [0.1, 0.15) is 5.75 Å². The highest BCUT2D eigenvalue weighted by Crippen LogP contribution is 2.30. The van der Waals surface area contributed by atoms with Crippen LogP contribution in [0.5, 0.6) is 5.75 Å². The number of aromatic hydroxyl groups is 1. The minimum atomic E-state index is 0.0720. The van der Waals surface area contributed by atoms with Crippen molar-refractivity contribution in [1.82, 2.24) is 9.80 Å². The largest absolute Gasteiger partial charge is 0.508 e. The molecule has 1 aliphatic rings. The predicted octanol–water partition coefficient (Wildman–Crippen LogP) is 2.40. The lowest BCUT2D eigenvalue weighted by atomic mass is 10.0. The third-order valence-corrected chi connectivity index (χ3v) is 4.06. The Kier molecular flexibility index (Phi) is 5.01. The Morgan fingerprint density at radius 2 is 2.00 bits per heavy atom. The summed E-state index contributed by atoms with van der Waals surface area (Å²) in [6, 6.07) is 7.45. The van der Waals surface area contributed by atoms with Gasteiger partial charge in [-0.2, -0.15) is 0 Å². The van der Waals surface area contributed by atoms with Crippen molar-refractivity contribution in [2.24, 2.45) is 0 Å². The number of carbonyl (C=O) groups is 1. The molecule has 1 aromatic carbocycles. The monoisotopic (exact) mass is 276 g/mol. The number of phenols is 1. The van der Waals surface area contributed by atoms with Gasteiger partial charge < -0.3 is 10.0 Å². The third kappa shape index (κ3) is 3.31. The molecule has 0 saturated carbocycles. The molecule has 1 aromatic rings. The number of carbonyl (C=O) groups excluding carboxylic acids is 1. The summed E-state index contributed by atoms with van der Waals surface area (Å²) in [5.41, 5.74) is 0.895. The lowest BCUT2D eigenvalue weighted by molar-refractivity contribution is -0.131. The van der Waals surface area contributed by atoms with E-state index in [9.17, 15) is 9.90 Å². The Hall–Kier alpha value is -1.55. The highest BCUT2D eigenvalue weighted by Gasteiger charge is 2.24. The fraction of sp³-hybridized carbons (Fsp3) is 0.562. The number of benzene rings is 1. The molecule has 1 N–H and O–H groups in total. The zero-order valence-electron chi connectivity index (χ0n) is 12.4. The van der Waals surface area contributed by atoms with Crippen LogP contribution in [-0.2, 0) is 4.79 Å². The second-order valence-corrected chi connectivity index (χ2v) is 5.49. The average molecular weight is 276 g/mol. The number of phenolic OH excluding ortho intramolecular Hbond substituents is 1. The first-order valence-corrected chi connectivity index (χ1v) is 7.39. The molecule has 1 atom stereocenters. The standard InChI is InChI=1S/C16H24N2O2/c1-3-14(13-8-4-5-9-15(13)19)17(2)12-16(20)18-10-6-7-11-18/h4-5,8-9,14,19H,3,6-7,10-12H2,1-2H3. The Labute approximate surface area is 121 Å². The van der Waals surface area contributed by atoms with Crippen LogP contribution in [0.4, 0.5) is 0 Å². The number of para-hydroxylation sites is 1. The van der Waals surface area contributed by atoms with Crippen LogP contribution in [0.2, 0.25) is 0 Å². The number of nitrogens with zero attached hydrogens (tertiary/aromatic N) is 2. The van der Waals surface area contributed by atoms with Crippen molar-refractivity contribution >= 4 is 5.91 Å². The first-order valence-electron chi connectivity index (χ1n) is 7.39. The van der Waals surface area contributed by atoms with E-state index in [1.54, 1.807) is 6.07 Å². The number of hydrogen-bond donors (Lipinski definition) is 1. The van der Waals surface area contributed by atoms with Crippen molar-refractivity contribution in [2.45, 2.75) is 32.2 Å². The van der Waals surface area contributed by atoms with Gasteiger partial charge in [-0.3, -0.25) is 9.69 Å². The zero-order valence-corrected chi connectivity index (χ0v) is 12.4. The zero-order chi connectivity index (χ0) is 14.5. The summed E-state index contributed by atoms with van der Waals surface area (Å²) in [7, 11) is 1.95. The Morgan fingerprint density at radius 3 is 2.60 bits per heavy atom. The molecule has 1 fully saturated rings. The Balaban J connectivity index is 2.03. The lowest BCUT2D eigenvalue weighted by Crippen LogP contribution is -2.38. The van der Waals surface area contributed by atoms with E-state index in [4.69, 9.17) is 0 Å². The molecule has 1 aliphatic heterocycles. The van der Waals surface area contributed by atoms with Crippen LogP contribution in [0.15, 0.2) is 24.3 Å². The molecule has 1 heterocycles. The molecular formula is C16H24N2O2. The SMILES string of the molecule is CCC(c1ccccc1O)N(C)CC(=O)N1CCCC1. The molecule has 1 saturated heterocycles. The molecule has 0 radical (unpaired) electrons. The summed E-state index contributed by atoms with van der Waals surface area (Å²) < 4.78 is 0. The van der Waals surface area contributed by atoms with Gasteiger partial charge in [-0.05, 0) is 32.4 Å². The van der Waals surface area contributed by atoms with Crippen LogP contribution in [-0.4, -0.2) is 47.5 Å². The minimum absolute atomic E-state index is 0.0720. The van der Waals surface area contributed by atoms with E-state index in [1.807, 2.05) is 35.0 Å². The Bertz CT molecular complexity index is 456. The van der Waals surface area contributed by atoms with Crippen LogP contribution in [0.25, 0.3) is 0 Å². The summed E-state index contributed by atoms with van der Waals surface area (Å²) in [6.07, 6.45) is 3.10. The predicted molar refractivity (Wildman–Crippen MR) is 79.6 cm³/mol. The molecule has 2 rings (SSSR count). The quantitative estimate of drug-likeness (QED) is 0.898. The lowest BCUT2D eigenvalue weighted by Gasteiger charge is -2.29. The number of rotatable bonds is 5. The first kappa shape index (κ1) is 14.9. The van der Waals surface area contributed by atoms with Gasteiger partial charge in [0, 0.05) is 24.7 Å². The summed E-state index contributed by atoms with van der Waals surface area (Å²) >= 11 is 0. The number of likely N-dealkylation sites (N-methyl/N-ethyl adjacent to an activating group) is 1. The van der Waals surface area contributed by atoms with Gasteiger partial charge in [-0.1, -0.05) is 25.1 Å². The summed E-state index contributed by atoms with van der Waals surface area (Å²) in [4.78, 5) is 16.2. The molecule has 4 heteroatoms. The van der Waals surface area contributed by atoms with Crippen molar-refractivity contribution in [3.05, 3.63) is 29.8 Å². The van der Waals surface area contributed by atoms with E-state index in [1.165, 1.54) is 0 Å². The molecular weight excluding hydrogens is 252 g/mol. The van der Waals surface area contributed by atoms with Crippen LogP contribution in [0, 0.1) is 0 Å². The number of hydrogen-bond acceptors (Lipinski definition) is 3. The fourth-order valence-electron chi connectivity index (χ4n) is 2.93. The molecule has 0 aromatic heterocycles. The number of amides is 1. The molecule has 1 amide bonds. The van der Waals surface area contributed by atoms with Gasteiger partial charge in [-0.15, -0.1) is 0 Å². The van der Waals surface area contributed by atoms with Gasteiger partial charge in [0.2, 0.25) is 5.91 Å². The third-order valence-electron chi connectivity index (χ3n) is 4.06. The van der Waals surface area contributed by atoms with Crippen LogP contribution < -0.4 is 0 Å². The van der Waals surface area contributed by atoms with Crippen molar-refractivity contribution in [3.8, 4) is 5.75 Å². The van der Waals surface area contributed by atoms with E-state index in [0.29, 0.717) is 12.3 Å². The molecule has 1 unspecified atom stereocenters. The summed E-state index contributed by atoms with van der Waals surface area (Å²) in [5.74, 6) is 0.499. The van der Waals surface area contributed by atoms with Gasteiger partial charge in [0.15, 0.2) is 0 Å². The van der Waals surface area contributed by atoms with Gasteiger partial charge in [0.05, 0.1) is 6.54 Å². The molecule has 0 aliphatic carbocycles. The fourth-order valence-corrected chi connectivity index (χ4v) is 2.93. The second kappa shape index (κ2) is 6.75. The average Bonchev–Trinajstić information content (AvgIpc) is 2.96. The minimum Gasteiger partial charge on any atom is -0.508 e. The second-order valence-electron chi connectivity index (χ2n) is 5.49. The highest BCUT2D eigenvalue weighted by molar-refractivity contribution is 5.78.